The monoisotopic (exact) mass is 764 g/mol. The molecule has 2 saturated heterocycles. The Hall–Kier alpha value is 0.844. The van der Waals surface area contributed by atoms with Crippen molar-refractivity contribution < 1.29 is 25.9 Å². The van der Waals surface area contributed by atoms with E-state index >= 15 is 0 Å². The Kier molecular flexibility index (Phi) is 9.74. The van der Waals surface area contributed by atoms with Gasteiger partial charge in [-0.1, -0.05) is 38.5 Å². The van der Waals surface area contributed by atoms with Crippen molar-refractivity contribution in [2.75, 3.05) is 0 Å². The highest BCUT2D eigenvalue weighted by molar-refractivity contribution is 6.93. The van der Waals surface area contributed by atoms with Gasteiger partial charge in [-0.3, -0.25) is 0 Å². The van der Waals surface area contributed by atoms with Gasteiger partial charge in [-0.2, -0.15) is 0 Å². The standard InChI is InChI=1S/C38H72O6Si5/c1-45(2,23-17-29-9-11-33-35(25-29)39-33)41-49(43-47(5,6)37-19-13-31(27-37)14-20-37,44-48(7,8)38-21-15-32(28-38)16-22-38)42-46(3,4)24-18-30-10-12-34-36(26-30)40-34/h29-36H,9-28H2,1-8H3. The largest absolute Gasteiger partial charge is 0.637 e. The highest BCUT2D eigenvalue weighted by Gasteiger charge is 2.67. The van der Waals surface area contributed by atoms with E-state index in [2.05, 4.69) is 52.4 Å². The fraction of sp³-hybridized carbons (Fsp3) is 1.00. The molecule has 8 rings (SSSR count). The zero-order valence-electron chi connectivity index (χ0n) is 32.7. The quantitative estimate of drug-likeness (QED) is 0.115. The normalized spacial score (nSPS) is 42.6. The van der Waals surface area contributed by atoms with Gasteiger partial charge < -0.3 is 25.9 Å². The zero-order valence-corrected chi connectivity index (χ0v) is 37.7. The molecular formula is C38H72O6Si5. The van der Waals surface area contributed by atoms with Crippen LogP contribution in [0.5, 0.6) is 0 Å². The Bertz CT molecular complexity index is 1120. The molecule has 0 aromatic carbocycles. The van der Waals surface area contributed by atoms with E-state index < -0.39 is 42.3 Å². The van der Waals surface area contributed by atoms with Gasteiger partial charge in [0.05, 0.1) is 24.4 Å². The molecule has 6 aliphatic carbocycles. The van der Waals surface area contributed by atoms with Crippen LogP contribution in [0.3, 0.4) is 0 Å². The minimum atomic E-state index is -3.55. The highest BCUT2D eigenvalue weighted by Crippen LogP contribution is 2.67. The van der Waals surface area contributed by atoms with Crippen molar-refractivity contribution in [1.82, 2.24) is 0 Å². The predicted molar refractivity (Wildman–Crippen MR) is 209 cm³/mol. The molecule has 6 unspecified atom stereocenters. The highest BCUT2D eigenvalue weighted by atomic mass is 28.5. The first kappa shape index (κ1) is 36.8. The van der Waals surface area contributed by atoms with Crippen molar-refractivity contribution in [3.63, 3.8) is 0 Å². The maximum absolute atomic E-state index is 8.01. The van der Waals surface area contributed by atoms with Crippen molar-refractivity contribution in [3.8, 4) is 0 Å². The van der Waals surface area contributed by atoms with Gasteiger partial charge >= 0.3 is 9.05 Å². The summed E-state index contributed by atoms with van der Waals surface area (Å²) in [4.78, 5) is 0. The summed E-state index contributed by atoms with van der Waals surface area (Å²) in [5, 5.41) is 0.704. The number of fused-ring (bicyclic) bond motifs is 6. The first-order valence-electron chi connectivity index (χ1n) is 21.1. The van der Waals surface area contributed by atoms with Gasteiger partial charge in [-0.05, 0) is 175 Å². The first-order valence-corrected chi connectivity index (χ1v) is 34.8. The Morgan fingerprint density at radius 2 is 0.878 bits per heavy atom. The van der Waals surface area contributed by atoms with Crippen LogP contribution >= 0.6 is 0 Å². The second-order valence-electron chi connectivity index (χ2n) is 21.2. The lowest BCUT2D eigenvalue weighted by molar-refractivity contribution is 0.134. The van der Waals surface area contributed by atoms with Crippen LogP contribution < -0.4 is 0 Å². The van der Waals surface area contributed by atoms with Gasteiger partial charge in [0.25, 0.3) is 0 Å². The van der Waals surface area contributed by atoms with Crippen molar-refractivity contribution in [3.05, 3.63) is 0 Å². The second kappa shape index (κ2) is 13.0. The molecular weight excluding hydrogens is 693 g/mol. The second-order valence-corrected chi connectivity index (χ2v) is 41.6. The summed E-state index contributed by atoms with van der Waals surface area (Å²) >= 11 is 0. The number of hydrogen-bond donors (Lipinski definition) is 0. The Labute approximate surface area is 305 Å². The lowest BCUT2D eigenvalue weighted by atomic mass is 9.88. The molecule has 6 nitrogen and oxygen atoms in total. The summed E-state index contributed by atoms with van der Waals surface area (Å²) in [6.07, 6.45) is 26.0. The summed E-state index contributed by atoms with van der Waals surface area (Å²) in [5.74, 6) is 3.35. The number of hydrogen-bond acceptors (Lipinski definition) is 6. The Morgan fingerprint density at radius 1 is 0.490 bits per heavy atom. The minimum absolute atomic E-state index is 0.352. The van der Waals surface area contributed by atoms with E-state index in [0.717, 1.165) is 35.8 Å². The smallest absolute Gasteiger partial charge is 0.396 e. The average Bonchev–Trinajstić information content (AvgIpc) is 3.69. The van der Waals surface area contributed by atoms with E-state index in [9.17, 15) is 0 Å². The van der Waals surface area contributed by atoms with Crippen LogP contribution in [0, 0.1) is 23.7 Å². The van der Waals surface area contributed by atoms with E-state index in [-0.39, 0.29) is 0 Å². The van der Waals surface area contributed by atoms with Crippen LogP contribution in [-0.2, 0) is 25.9 Å². The lowest BCUT2D eigenvalue weighted by Crippen LogP contribution is -2.69. The summed E-state index contributed by atoms with van der Waals surface area (Å²) in [6.45, 7) is 20.1. The molecule has 8 fully saturated rings. The average molecular weight is 765 g/mol. The molecule has 280 valence electrons. The van der Waals surface area contributed by atoms with E-state index in [0.29, 0.717) is 34.5 Å². The molecule has 0 N–H and O–H groups in total. The SMILES string of the molecule is C[Si](C)(CCC1CCC2OC2C1)O[Si](O[Si](C)(C)CCC1CCC2OC2C1)(O[Si](C)(C)C12CCC(CC1)C2)O[Si](C)(C)C12CCC(CC1)C2. The first-order chi connectivity index (χ1) is 23.0. The topological polar surface area (TPSA) is 62.0 Å². The number of ether oxygens (including phenoxy) is 2. The van der Waals surface area contributed by atoms with E-state index in [1.807, 2.05) is 0 Å². The molecule has 0 amide bonds. The van der Waals surface area contributed by atoms with E-state index in [4.69, 9.17) is 25.9 Å². The molecule has 11 heteroatoms. The van der Waals surface area contributed by atoms with Crippen LogP contribution in [0.4, 0.5) is 0 Å². The van der Waals surface area contributed by atoms with Gasteiger partial charge in [0.2, 0.25) is 0 Å². The van der Waals surface area contributed by atoms with Gasteiger partial charge in [-0.25, -0.2) is 0 Å². The van der Waals surface area contributed by atoms with Crippen LogP contribution in [0.2, 0.25) is 74.5 Å². The molecule has 2 heterocycles. The molecule has 0 aromatic rings. The van der Waals surface area contributed by atoms with Crippen LogP contribution in [0.15, 0.2) is 0 Å². The zero-order chi connectivity index (χ0) is 34.5. The van der Waals surface area contributed by atoms with E-state index in [1.165, 1.54) is 116 Å². The van der Waals surface area contributed by atoms with Gasteiger partial charge in [0.1, 0.15) is 0 Å². The van der Waals surface area contributed by atoms with Crippen molar-refractivity contribution >= 4 is 42.3 Å². The molecule has 0 radical (unpaired) electrons. The third kappa shape index (κ3) is 7.59. The Morgan fingerprint density at radius 3 is 1.20 bits per heavy atom. The number of epoxide rings is 2. The summed E-state index contributed by atoms with van der Waals surface area (Å²) in [6, 6.07) is 2.33. The van der Waals surface area contributed by atoms with Crippen LogP contribution in [-0.4, -0.2) is 66.7 Å². The molecule has 0 aromatic heterocycles. The van der Waals surface area contributed by atoms with Gasteiger partial charge in [0, 0.05) is 0 Å². The van der Waals surface area contributed by atoms with Crippen LogP contribution in [0.25, 0.3) is 0 Å². The Balaban J connectivity index is 1.09. The summed E-state index contributed by atoms with van der Waals surface area (Å²) in [7, 11) is -12.5. The fourth-order valence-corrected chi connectivity index (χ4v) is 35.4. The lowest BCUT2D eigenvalue weighted by Gasteiger charge is -2.52. The number of rotatable bonds is 16. The minimum Gasteiger partial charge on any atom is -0.396 e. The maximum atomic E-state index is 8.01. The van der Waals surface area contributed by atoms with Gasteiger partial charge in [-0.15, -0.1) is 0 Å². The summed E-state index contributed by atoms with van der Waals surface area (Å²) < 4.78 is 43.6. The van der Waals surface area contributed by atoms with Crippen molar-refractivity contribution in [1.29, 1.82) is 0 Å². The molecule has 8 aliphatic rings. The van der Waals surface area contributed by atoms with Crippen molar-refractivity contribution in [2.24, 2.45) is 23.7 Å². The molecule has 0 spiro atoms. The molecule has 6 saturated carbocycles. The predicted octanol–water partition coefficient (Wildman–Crippen LogP) is 10.9. The van der Waals surface area contributed by atoms with E-state index in [1.54, 1.807) is 0 Å². The molecule has 4 bridgehead atoms. The van der Waals surface area contributed by atoms with Crippen molar-refractivity contribution in [2.45, 2.75) is 215 Å². The molecule has 49 heavy (non-hydrogen) atoms. The van der Waals surface area contributed by atoms with Crippen LogP contribution in [0.1, 0.15) is 116 Å². The third-order valence-corrected chi connectivity index (χ3v) is 38.1. The third-order valence-electron chi connectivity index (χ3n) is 16.1. The maximum Gasteiger partial charge on any atom is 0.637 e. The molecule has 6 atom stereocenters. The summed E-state index contributed by atoms with van der Waals surface area (Å²) in [5.41, 5.74) is 0. The molecule has 2 aliphatic heterocycles. The fourth-order valence-electron chi connectivity index (χ4n) is 12.4. The van der Waals surface area contributed by atoms with Gasteiger partial charge in [0.15, 0.2) is 33.3 Å².